The predicted octanol–water partition coefficient (Wildman–Crippen LogP) is 3.83. The van der Waals surface area contributed by atoms with Gasteiger partial charge >= 0.3 is 0 Å². The van der Waals surface area contributed by atoms with E-state index in [0.717, 1.165) is 22.7 Å². The lowest BCUT2D eigenvalue weighted by atomic mass is 9.92. The quantitative estimate of drug-likeness (QED) is 0.479. The summed E-state index contributed by atoms with van der Waals surface area (Å²) in [6, 6.07) is 18.8. The molecule has 0 unspecified atom stereocenters. The number of anilines is 1. The van der Waals surface area contributed by atoms with Crippen molar-refractivity contribution < 1.29 is 19.1 Å². The lowest BCUT2D eigenvalue weighted by Gasteiger charge is -2.22. The maximum atomic E-state index is 13.1. The van der Waals surface area contributed by atoms with Crippen LogP contribution in [0.3, 0.4) is 0 Å². The molecule has 3 rings (SSSR count). The van der Waals surface area contributed by atoms with Crippen molar-refractivity contribution in [3.63, 3.8) is 0 Å². The van der Waals surface area contributed by atoms with Gasteiger partial charge < -0.3 is 19.7 Å². The zero-order chi connectivity index (χ0) is 25.4. The maximum Gasteiger partial charge on any atom is 0.245 e. The van der Waals surface area contributed by atoms with Crippen LogP contribution in [0.2, 0.25) is 0 Å². The fourth-order valence-corrected chi connectivity index (χ4v) is 3.49. The average molecular weight is 479 g/mol. The summed E-state index contributed by atoms with van der Waals surface area (Å²) < 4.78 is 12.1. The van der Waals surface area contributed by atoms with Crippen molar-refractivity contribution in [2.75, 3.05) is 39.2 Å². The number of ether oxygens (including phenoxy) is 2. The Labute approximate surface area is 206 Å². The van der Waals surface area contributed by atoms with Gasteiger partial charge in [-0.05, 0) is 29.8 Å². The van der Waals surface area contributed by atoms with E-state index in [4.69, 9.17) is 14.6 Å². The highest BCUT2D eigenvalue weighted by atomic mass is 16.5. The van der Waals surface area contributed by atoms with Gasteiger partial charge in [-0.2, -0.15) is 5.10 Å². The summed E-state index contributed by atoms with van der Waals surface area (Å²) in [5.74, 6) is 0.820. The van der Waals surface area contributed by atoms with Crippen LogP contribution in [0.25, 0.3) is 5.69 Å². The summed E-state index contributed by atoms with van der Waals surface area (Å²) in [5.41, 5.74) is 2.30. The van der Waals surface area contributed by atoms with Crippen molar-refractivity contribution in [1.82, 2.24) is 14.7 Å². The molecule has 0 aliphatic heterocycles. The Bertz CT molecular complexity index is 1120. The third kappa shape index (κ3) is 7.16. The topological polar surface area (TPSA) is 85.7 Å². The molecule has 0 saturated heterocycles. The summed E-state index contributed by atoms with van der Waals surface area (Å²) in [4.78, 5) is 27.5. The molecule has 1 N–H and O–H groups in total. The molecule has 0 bridgehead atoms. The summed E-state index contributed by atoms with van der Waals surface area (Å²) in [5, 5.41) is 7.69. The van der Waals surface area contributed by atoms with Gasteiger partial charge in [0.1, 0.15) is 11.6 Å². The molecule has 0 aliphatic carbocycles. The number of carbonyl (C=O) groups excluding carboxylic acids is 2. The van der Waals surface area contributed by atoms with Gasteiger partial charge in [0.2, 0.25) is 11.8 Å². The van der Waals surface area contributed by atoms with E-state index < -0.39 is 0 Å². The first kappa shape index (κ1) is 26.0. The van der Waals surface area contributed by atoms with Crippen LogP contribution in [-0.2, 0) is 26.2 Å². The normalized spacial score (nSPS) is 11.2. The Kier molecular flexibility index (Phi) is 8.65. The Morgan fingerprint density at radius 3 is 2.31 bits per heavy atom. The van der Waals surface area contributed by atoms with E-state index in [-0.39, 0.29) is 30.2 Å². The molecule has 2 amide bonds. The standard InChI is InChI=1S/C27H34N4O4/c1-27(2,3)23-18-24(31(29-23)21-11-13-22(35-5)14-12-21)28-25(32)19-30(15-16-34-4)26(33)17-20-9-7-6-8-10-20/h6-14,18H,15-17,19H2,1-5H3,(H,28,32). The minimum absolute atomic E-state index is 0.0896. The van der Waals surface area contributed by atoms with Crippen LogP contribution >= 0.6 is 0 Å². The van der Waals surface area contributed by atoms with Crippen molar-refractivity contribution in [1.29, 1.82) is 0 Å². The number of carbonyl (C=O) groups is 2. The minimum Gasteiger partial charge on any atom is -0.497 e. The highest BCUT2D eigenvalue weighted by molar-refractivity contribution is 5.94. The van der Waals surface area contributed by atoms with E-state index in [1.165, 1.54) is 4.90 Å². The lowest BCUT2D eigenvalue weighted by molar-refractivity contribution is -0.134. The summed E-state index contributed by atoms with van der Waals surface area (Å²) in [7, 11) is 3.18. The van der Waals surface area contributed by atoms with Gasteiger partial charge in [-0.3, -0.25) is 9.59 Å². The summed E-state index contributed by atoms with van der Waals surface area (Å²) >= 11 is 0. The van der Waals surface area contributed by atoms with E-state index >= 15 is 0 Å². The number of nitrogens with one attached hydrogen (secondary N) is 1. The molecule has 186 valence electrons. The highest BCUT2D eigenvalue weighted by Crippen LogP contribution is 2.27. The number of amides is 2. The molecule has 0 fully saturated rings. The van der Waals surface area contributed by atoms with Crippen LogP contribution in [0.1, 0.15) is 32.0 Å². The number of rotatable bonds is 10. The first-order valence-electron chi connectivity index (χ1n) is 11.6. The molecule has 1 aromatic heterocycles. The fourth-order valence-electron chi connectivity index (χ4n) is 3.49. The van der Waals surface area contributed by atoms with Gasteiger partial charge in [0.15, 0.2) is 0 Å². The number of nitrogens with zero attached hydrogens (tertiary/aromatic N) is 3. The third-order valence-corrected chi connectivity index (χ3v) is 5.51. The van der Waals surface area contributed by atoms with Crippen LogP contribution in [0.15, 0.2) is 60.7 Å². The fraction of sp³-hybridized carbons (Fsp3) is 0.370. The van der Waals surface area contributed by atoms with Crippen LogP contribution < -0.4 is 10.1 Å². The largest absolute Gasteiger partial charge is 0.497 e. The SMILES string of the molecule is COCCN(CC(=O)Nc1cc(C(C)(C)C)nn1-c1ccc(OC)cc1)C(=O)Cc1ccccc1. The maximum absolute atomic E-state index is 13.1. The number of hydrogen-bond donors (Lipinski definition) is 1. The van der Waals surface area contributed by atoms with E-state index in [9.17, 15) is 9.59 Å². The van der Waals surface area contributed by atoms with E-state index in [1.807, 2.05) is 60.7 Å². The molecule has 0 spiro atoms. The van der Waals surface area contributed by atoms with Crippen LogP contribution in [0.4, 0.5) is 5.82 Å². The molecule has 3 aromatic rings. The molecule has 1 heterocycles. The molecule has 0 radical (unpaired) electrons. The summed E-state index contributed by atoms with van der Waals surface area (Å²) in [6.07, 6.45) is 0.218. The zero-order valence-corrected chi connectivity index (χ0v) is 21.1. The molecular weight excluding hydrogens is 444 g/mol. The van der Waals surface area contributed by atoms with Crippen molar-refractivity contribution in [2.24, 2.45) is 0 Å². The number of benzene rings is 2. The first-order chi connectivity index (χ1) is 16.7. The van der Waals surface area contributed by atoms with Gasteiger partial charge in [-0.15, -0.1) is 0 Å². The summed E-state index contributed by atoms with van der Waals surface area (Å²) in [6.45, 7) is 6.76. The Hall–Kier alpha value is -3.65. The highest BCUT2D eigenvalue weighted by Gasteiger charge is 2.23. The second-order valence-corrected chi connectivity index (χ2v) is 9.29. The van der Waals surface area contributed by atoms with Crippen LogP contribution in [0.5, 0.6) is 5.75 Å². The van der Waals surface area contributed by atoms with Gasteiger partial charge in [-0.1, -0.05) is 51.1 Å². The Balaban J connectivity index is 1.80. The van der Waals surface area contributed by atoms with Gasteiger partial charge in [0.05, 0.1) is 38.1 Å². The molecule has 8 nitrogen and oxygen atoms in total. The van der Waals surface area contributed by atoms with E-state index in [2.05, 4.69) is 26.1 Å². The molecule has 8 heteroatoms. The predicted molar refractivity (Wildman–Crippen MR) is 136 cm³/mol. The van der Waals surface area contributed by atoms with E-state index in [0.29, 0.717) is 19.0 Å². The van der Waals surface area contributed by atoms with Gasteiger partial charge in [0.25, 0.3) is 0 Å². The monoisotopic (exact) mass is 478 g/mol. The van der Waals surface area contributed by atoms with Crippen molar-refractivity contribution in [3.8, 4) is 11.4 Å². The molecule has 0 aliphatic rings. The van der Waals surface area contributed by atoms with Crippen LogP contribution in [0, 0.1) is 0 Å². The second kappa shape index (κ2) is 11.7. The Morgan fingerprint density at radius 1 is 1.03 bits per heavy atom. The average Bonchev–Trinajstić information content (AvgIpc) is 3.26. The molecular formula is C27H34N4O4. The molecule has 2 aromatic carbocycles. The van der Waals surface area contributed by atoms with Crippen molar-refractivity contribution >= 4 is 17.6 Å². The van der Waals surface area contributed by atoms with Gasteiger partial charge in [-0.25, -0.2) is 4.68 Å². The van der Waals surface area contributed by atoms with Crippen LogP contribution in [-0.4, -0.2) is 60.4 Å². The number of hydrogen-bond acceptors (Lipinski definition) is 5. The second-order valence-electron chi connectivity index (χ2n) is 9.29. The first-order valence-corrected chi connectivity index (χ1v) is 11.6. The molecule has 35 heavy (non-hydrogen) atoms. The number of methoxy groups -OCH3 is 2. The smallest absolute Gasteiger partial charge is 0.245 e. The van der Waals surface area contributed by atoms with E-state index in [1.54, 1.807) is 18.9 Å². The van der Waals surface area contributed by atoms with Crippen molar-refractivity contribution in [3.05, 3.63) is 71.9 Å². The minimum atomic E-state index is -0.308. The lowest BCUT2D eigenvalue weighted by Crippen LogP contribution is -2.41. The zero-order valence-electron chi connectivity index (χ0n) is 21.1. The molecule has 0 saturated carbocycles. The van der Waals surface area contributed by atoms with Crippen molar-refractivity contribution in [2.45, 2.75) is 32.6 Å². The Morgan fingerprint density at radius 2 is 1.71 bits per heavy atom. The molecule has 0 atom stereocenters. The number of aromatic nitrogens is 2. The third-order valence-electron chi connectivity index (χ3n) is 5.51. The van der Waals surface area contributed by atoms with Gasteiger partial charge in [0, 0.05) is 25.1 Å².